The summed E-state index contributed by atoms with van der Waals surface area (Å²) in [6.45, 7) is 4.89. The Labute approximate surface area is 131 Å². The van der Waals surface area contributed by atoms with Crippen LogP contribution in [-0.4, -0.2) is 29.1 Å². The summed E-state index contributed by atoms with van der Waals surface area (Å²) in [6, 6.07) is 13.1. The van der Waals surface area contributed by atoms with Gasteiger partial charge in [-0.3, -0.25) is 0 Å². The molecule has 1 saturated heterocycles. The Morgan fingerprint density at radius 1 is 1.18 bits per heavy atom. The number of hydrogen-bond donors (Lipinski definition) is 2. The first-order valence-electron chi connectivity index (χ1n) is 7.84. The van der Waals surface area contributed by atoms with E-state index >= 15 is 0 Å². The lowest BCUT2D eigenvalue weighted by atomic mass is 10.0. The number of nitrogens with two attached hydrogens (primary N) is 1. The van der Waals surface area contributed by atoms with Crippen LogP contribution in [0.15, 0.2) is 36.4 Å². The number of aromatic nitrogens is 2. The lowest BCUT2D eigenvalue weighted by Gasteiger charge is -2.33. The predicted molar refractivity (Wildman–Crippen MR) is 89.7 cm³/mol. The van der Waals surface area contributed by atoms with Gasteiger partial charge in [0.25, 0.3) is 0 Å². The second-order valence-electron chi connectivity index (χ2n) is 5.85. The van der Waals surface area contributed by atoms with Crippen molar-refractivity contribution in [1.82, 2.24) is 15.3 Å². The highest BCUT2D eigenvalue weighted by Crippen LogP contribution is 2.19. The Kier molecular flexibility index (Phi) is 4.53. The molecule has 1 fully saturated rings. The zero-order chi connectivity index (χ0) is 15.4. The van der Waals surface area contributed by atoms with Gasteiger partial charge in [-0.05, 0) is 25.3 Å². The number of hydrogen-bond acceptors (Lipinski definition) is 5. The first-order chi connectivity index (χ1) is 10.7. The molecule has 116 valence electrons. The van der Waals surface area contributed by atoms with Crippen LogP contribution in [0.25, 0.3) is 0 Å². The van der Waals surface area contributed by atoms with Gasteiger partial charge in [0.05, 0.1) is 0 Å². The van der Waals surface area contributed by atoms with Gasteiger partial charge in [-0.15, -0.1) is 0 Å². The molecule has 0 spiro atoms. The number of nitrogens with one attached hydrogen (secondary N) is 1. The number of anilines is 2. The quantitative estimate of drug-likeness (QED) is 0.905. The molecule has 0 aliphatic carbocycles. The first kappa shape index (κ1) is 14.8. The summed E-state index contributed by atoms with van der Waals surface area (Å²) in [6.07, 6.45) is 2.24. The van der Waals surface area contributed by atoms with Crippen molar-refractivity contribution >= 4 is 11.8 Å². The van der Waals surface area contributed by atoms with Crippen molar-refractivity contribution in [1.29, 1.82) is 0 Å². The summed E-state index contributed by atoms with van der Waals surface area (Å²) in [4.78, 5) is 10.8. The molecule has 0 unspecified atom stereocenters. The van der Waals surface area contributed by atoms with Crippen LogP contribution in [0.4, 0.5) is 11.8 Å². The number of piperidine rings is 1. The minimum absolute atomic E-state index is 0.360. The lowest BCUT2D eigenvalue weighted by molar-refractivity contribution is 0.412. The Balaban J connectivity index is 1.52. The third-order valence-electron chi connectivity index (χ3n) is 4.11. The van der Waals surface area contributed by atoms with Crippen LogP contribution >= 0.6 is 0 Å². The van der Waals surface area contributed by atoms with Crippen molar-refractivity contribution in [3.63, 3.8) is 0 Å². The Bertz CT molecular complexity index is 585. The van der Waals surface area contributed by atoms with E-state index in [1.165, 1.54) is 5.56 Å². The molecular formula is C17H23N5. The molecule has 3 N–H and O–H groups in total. The molecule has 1 aromatic carbocycles. The lowest BCUT2D eigenvalue weighted by Crippen LogP contribution is -2.42. The second kappa shape index (κ2) is 6.75. The molecule has 0 atom stereocenters. The minimum Gasteiger partial charge on any atom is -0.368 e. The van der Waals surface area contributed by atoms with E-state index in [1.54, 1.807) is 0 Å². The van der Waals surface area contributed by atoms with Gasteiger partial charge in [0, 0.05) is 37.4 Å². The van der Waals surface area contributed by atoms with Crippen LogP contribution in [-0.2, 0) is 6.54 Å². The maximum Gasteiger partial charge on any atom is 0.222 e. The molecule has 5 heteroatoms. The topological polar surface area (TPSA) is 67.1 Å². The summed E-state index contributed by atoms with van der Waals surface area (Å²) >= 11 is 0. The normalized spacial score (nSPS) is 16.0. The smallest absolute Gasteiger partial charge is 0.222 e. The molecule has 22 heavy (non-hydrogen) atoms. The first-order valence-corrected chi connectivity index (χ1v) is 7.84. The van der Waals surface area contributed by atoms with E-state index in [0.717, 1.165) is 44.0 Å². The van der Waals surface area contributed by atoms with Crippen LogP contribution in [0.5, 0.6) is 0 Å². The molecule has 0 amide bonds. The maximum absolute atomic E-state index is 5.74. The average Bonchev–Trinajstić information content (AvgIpc) is 2.53. The molecule has 3 rings (SSSR count). The largest absolute Gasteiger partial charge is 0.368 e. The number of nitrogen functional groups attached to an aromatic ring is 1. The van der Waals surface area contributed by atoms with Crippen LogP contribution in [0.2, 0.25) is 0 Å². The van der Waals surface area contributed by atoms with Crippen LogP contribution < -0.4 is 16.0 Å². The summed E-state index contributed by atoms with van der Waals surface area (Å²) in [5.41, 5.74) is 8.00. The average molecular weight is 297 g/mol. The molecule has 0 radical (unpaired) electrons. The molecule has 1 aliphatic rings. The fourth-order valence-electron chi connectivity index (χ4n) is 2.91. The van der Waals surface area contributed by atoms with Gasteiger partial charge >= 0.3 is 0 Å². The summed E-state index contributed by atoms with van der Waals surface area (Å²) in [7, 11) is 0. The second-order valence-corrected chi connectivity index (χ2v) is 5.85. The van der Waals surface area contributed by atoms with Crippen LogP contribution in [0.3, 0.4) is 0 Å². The van der Waals surface area contributed by atoms with Crippen LogP contribution in [0.1, 0.15) is 24.1 Å². The molecular weight excluding hydrogens is 274 g/mol. The molecule has 2 aromatic rings. The van der Waals surface area contributed by atoms with E-state index < -0.39 is 0 Å². The van der Waals surface area contributed by atoms with Gasteiger partial charge in [0.15, 0.2) is 0 Å². The van der Waals surface area contributed by atoms with E-state index in [2.05, 4.69) is 50.5 Å². The van der Waals surface area contributed by atoms with Gasteiger partial charge in [0.2, 0.25) is 5.95 Å². The molecule has 1 aliphatic heterocycles. The van der Waals surface area contributed by atoms with E-state index in [0.29, 0.717) is 12.0 Å². The molecule has 1 aromatic heterocycles. The highest BCUT2D eigenvalue weighted by molar-refractivity contribution is 5.43. The third-order valence-corrected chi connectivity index (χ3v) is 4.11. The monoisotopic (exact) mass is 297 g/mol. The SMILES string of the molecule is Cc1cc(N2CCC(NCc3ccccc3)CC2)nc(N)n1. The molecule has 0 saturated carbocycles. The molecule has 0 bridgehead atoms. The van der Waals surface area contributed by atoms with Crippen molar-refractivity contribution in [2.75, 3.05) is 23.7 Å². The van der Waals surface area contributed by atoms with Gasteiger partial charge < -0.3 is 16.0 Å². The fourth-order valence-corrected chi connectivity index (χ4v) is 2.91. The van der Waals surface area contributed by atoms with Gasteiger partial charge in [-0.2, -0.15) is 4.98 Å². The van der Waals surface area contributed by atoms with E-state index in [-0.39, 0.29) is 0 Å². The highest BCUT2D eigenvalue weighted by Gasteiger charge is 2.20. The Morgan fingerprint density at radius 2 is 1.91 bits per heavy atom. The Morgan fingerprint density at radius 3 is 2.59 bits per heavy atom. The number of benzene rings is 1. The fraction of sp³-hybridized carbons (Fsp3) is 0.412. The standard InChI is InChI=1S/C17H23N5/c1-13-11-16(21-17(18)20-13)22-9-7-15(8-10-22)19-12-14-5-3-2-4-6-14/h2-6,11,15,19H,7-10,12H2,1H3,(H2,18,20,21). The van der Waals surface area contributed by atoms with E-state index in [1.807, 2.05) is 13.0 Å². The Hall–Kier alpha value is -2.14. The summed E-state index contributed by atoms with van der Waals surface area (Å²) in [5, 5.41) is 3.65. The molecule has 2 heterocycles. The van der Waals surface area contributed by atoms with Crippen molar-refractivity contribution in [3.8, 4) is 0 Å². The number of nitrogens with zero attached hydrogens (tertiary/aromatic N) is 3. The highest BCUT2D eigenvalue weighted by atomic mass is 15.2. The van der Waals surface area contributed by atoms with Crippen molar-refractivity contribution in [3.05, 3.63) is 47.7 Å². The van der Waals surface area contributed by atoms with Crippen molar-refractivity contribution in [2.45, 2.75) is 32.4 Å². The zero-order valence-electron chi connectivity index (χ0n) is 13.0. The van der Waals surface area contributed by atoms with Crippen molar-refractivity contribution < 1.29 is 0 Å². The van der Waals surface area contributed by atoms with Gasteiger partial charge in [-0.1, -0.05) is 30.3 Å². The minimum atomic E-state index is 0.360. The van der Waals surface area contributed by atoms with Gasteiger partial charge in [-0.25, -0.2) is 4.98 Å². The third kappa shape index (κ3) is 3.74. The number of rotatable bonds is 4. The number of aryl methyl sites for hydroxylation is 1. The summed E-state index contributed by atoms with van der Waals surface area (Å²) < 4.78 is 0. The van der Waals surface area contributed by atoms with Crippen molar-refractivity contribution in [2.24, 2.45) is 0 Å². The maximum atomic E-state index is 5.74. The van der Waals surface area contributed by atoms with Crippen LogP contribution in [0, 0.1) is 6.92 Å². The van der Waals surface area contributed by atoms with Gasteiger partial charge in [0.1, 0.15) is 5.82 Å². The molecule has 5 nitrogen and oxygen atoms in total. The van der Waals surface area contributed by atoms with E-state index in [9.17, 15) is 0 Å². The van der Waals surface area contributed by atoms with E-state index in [4.69, 9.17) is 5.73 Å². The predicted octanol–water partition coefficient (Wildman–Crippen LogP) is 2.13. The summed E-state index contributed by atoms with van der Waals surface area (Å²) in [5.74, 6) is 1.31. The zero-order valence-corrected chi connectivity index (χ0v) is 13.0.